The van der Waals surface area contributed by atoms with E-state index >= 15 is 0 Å². The van der Waals surface area contributed by atoms with E-state index in [1.165, 1.54) is 6.20 Å². The summed E-state index contributed by atoms with van der Waals surface area (Å²) in [4.78, 5) is 29.7. The number of rotatable bonds is 3. The second-order valence-electron chi connectivity index (χ2n) is 4.67. The predicted octanol–water partition coefficient (Wildman–Crippen LogP) is 0.404. The third-order valence-corrected chi connectivity index (χ3v) is 3.19. The van der Waals surface area contributed by atoms with Crippen molar-refractivity contribution in [2.75, 3.05) is 18.8 Å². The van der Waals surface area contributed by atoms with Crippen molar-refractivity contribution in [1.29, 1.82) is 0 Å². The fourth-order valence-electron chi connectivity index (χ4n) is 2.15. The second kappa shape index (κ2) is 5.69. The van der Waals surface area contributed by atoms with E-state index in [0.717, 1.165) is 25.9 Å². The summed E-state index contributed by atoms with van der Waals surface area (Å²) >= 11 is 0. The van der Waals surface area contributed by atoms with E-state index < -0.39 is 11.9 Å². The summed E-state index contributed by atoms with van der Waals surface area (Å²) < 4.78 is 0. The van der Waals surface area contributed by atoms with Crippen LogP contribution in [0, 0.1) is 0 Å². The molecule has 1 aliphatic rings. The van der Waals surface area contributed by atoms with Crippen LogP contribution in [-0.4, -0.2) is 40.8 Å². The van der Waals surface area contributed by atoms with Crippen LogP contribution in [-0.2, 0) is 4.79 Å². The van der Waals surface area contributed by atoms with Gasteiger partial charge in [-0.05, 0) is 31.9 Å². The molecule has 102 valence electrons. The van der Waals surface area contributed by atoms with Crippen molar-refractivity contribution >= 4 is 17.5 Å². The van der Waals surface area contributed by atoms with Crippen LogP contribution in [0.4, 0.5) is 5.69 Å². The highest BCUT2D eigenvalue weighted by atomic mass is 16.2. The van der Waals surface area contributed by atoms with Gasteiger partial charge in [-0.1, -0.05) is 0 Å². The van der Waals surface area contributed by atoms with Gasteiger partial charge in [0, 0.05) is 19.3 Å². The minimum absolute atomic E-state index is 0.0552. The van der Waals surface area contributed by atoms with E-state index in [2.05, 4.69) is 10.3 Å². The number of hydrogen-bond acceptors (Lipinski definition) is 4. The average Bonchev–Trinajstić information content (AvgIpc) is 2.92. The van der Waals surface area contributed by atoms with Crippen LogP contribution in [0.5, 0.6) is 0 Å². The maximum absolute atomic E-state index is 12.1. The Morgan fingerprint density at radius 1 is 1.42 bits per heavy atom. The molecule has 19 heavy (non-hydrogen) atoms. The zero-order chi connectivity index (χ0) is 13.8. The van der Waals surface area contributed by atoms with Gasteiger partial charge in [0.15, 0.2) is 5.69 Å². The van der Waals surface area contributed by atoms with Crippen molar-refractivity contribution in [2.24, 2.45) is 0 Å². The molecular formula is C13H18N4O2. The Bertz CT molecular complexity index is 483. The smallest absolute Gasteiger partial charge is 0.272 e. The zero-order valence-corrected chi connectivity index (χ0v) is 10.9. The summed E-state index contributed by atoms with van der Waals surface area (Å²) in [5.41, 5.74) is 6.14. The van der Waals surface area contributed by atoms with Gasteiger partial charge in [-0.3, -0.25) is 9.59 Å². The highest BCUT2D eigenvalue weighted by Gasteiger charge is 2.25. The lowest BCUT2D eigenvalue weighted by molar-refractivity contribution is -0.131. The lowest BCUT2D eigenvalue weighted by Gasteiger charge is -2.21. The van der Waals surface area contributed by atoms with Crippen molar-refractivity contribution in [2.45, 2.75) is 25.8 Å². The van der Waals surface area contributed by atoms with Gasteiger partial charge in [0.1, 0.15) is 6.04 Å². The van der Waals surface area contributed by atoms with Gasteiger partial charge in [0.25, 0.3) is 5.91 Å². The van der Waals surface area contributed by atoms with Gasteiger partial charge >= 0.3 is 0 Å². The molecule has 1 saturated heterocycles. The molecule has 0 spiro atoms. The molecule has 2 amide bonds. The molecule has 1 aromatic rings. The van der Waals surface area contributed by atoms with Gasteiger partial charge in [-0.15, -0.1) is 0 Å². The van der Waals surface area contributed by atoms with E-state index in [0.29, 0.717) is 5.69 Å². The van der Waals surface area contributed by atoms with Gasteiger partial charge in [-0.25, -0.2) is 4.98 Å². The van der Waals surface area contributed by atoms with Crippen molar-refractivity contribution < 1.29 is 9.59 Å². The Morgan fingerprint density at radius 2 is 2.11 bits per heavy atom. The fourth-order valence-corrected chi connectivity index (χ4v) is 2.15. The summed E-state index contributed by atoms with van der Waals surface area (Å²) in [6.45, 7) is 3.22. The van der Waals surface area contributed by atoms with E-state index in [4.69, 9.17) is 5.73 Å². The zero-order valence-electron chi connectivity index (χ0n) is 10.9. The predicted molar refractivity (Wildman–Crippen MR) is 71.4 cm³/mol. The molecule has 1 fully saturated rings. The maximum atomic E-state index is 12.1. The maximum Gasteiger partial charge on any atom is 0.272 e. The molecule has 1 atom stereocenters. The Hall–Kier alpha value is -2.11. The molecule has 6 nitrogen and oxygen atoms in total. The quantitative estimate of drug-likeness (QED) is 0.825. The number of nitrogen functional groups attached to an aromatic ring is 1. The molecule has 2 rings (SSSR count). The molecule has 0 aliphatic carbocycles. The van der Waals surface area contributed by atoms with E-state index in [-0.39, 0.29) is 11.6 Å². The number of pyridine rings is 1. The molecule has 1 aliphatic heterocycles. The van der Waals surface area contributed by atoms with Gasteiger partial charge in [-0.2, -0.15) is 0 Å². The molecular weight excluding hydrogens is 244 g/mol. The van der Waals surface area contributed by atoms with Crippen molar-refractivity contribution in [3.05, 3.63) is 24.0 Å². The topological polar surface area (TPSA) is 88.3 Å². The van der Waals surface area contributed by atoms with Crippen molar-refractivity contribution in [1.82, 2.24) is 15.2 Å². The third kappa shape index (κ3) is 3.01. The largest absolute Gasteiger partial charge is 0.397 e. The number of likely N-dealkylation sites (tertiary alicyclic amines) is 1. The summed E-state index contributed by atoms with van der Waals surface area (Å²) in [5.74, 6) is -0.474. The Morgan fingerprint density at radius 3 is 2.74 bits per heavy atom. The first-order chi connectivity index (χ1) is 9.09. The number of aromatic nitrogens is 1. The standard InChI is InChI=1S/C13H18N4O2/c1-9(13(19)17-7-2-3-8-17)16-12(18)11-10(14)5-4-6-15-11/h4-6,9H,2-3,7-8,14H2,1H3,(H,16,18). The fraction of sp³-hybridized carbons (Fsp3) is 0.462. The van der Waals surface area contributed by atoms with Crippen molar-refractivity contribution in [3.8, 4) is 0 Å². The van der Waals surface area contributed by atoms with Crippen LogP contribution < -0.4 is 11.1 Å². The number of carbonyl (C=O) groups excluding carboxylic acids is 2. The Kier molecular flexibility index (Phi) is 3.99. The average molecular weight is 262 g/mol. The second-order valence-corrected chi connectivity index (χ2v) is 4.67. The summed E-state index contributed by atoms with van der Waals surface area (Å²) in [7, 11) is 0. The number of carbonyl (C=O) groups is 2. The number of hydrogen-bond donors (Lipinski definition) is 2. The molecule has 1 unspecified atom stereocenters. The Balaban J connectivity index is 1.98. The minimum atomic E-state index is -0.563. The van der Waals surface area contributed by atoms with E-state index in [1.807, 2.05) is 0 Å². The van der Waals surface area contributed by atoms with Crippen LogP contribution in [0.25, 0.3) is 0 Å². The van der Waals surface area contributed by atoms with Crippen LogP contribution in [0.1, 0.15) is 30.3 Å². The SMILES string of the molecule is CC(NC(=O)c1ncccc1N)C(=O)N1CCCC1. The van der Waals surface area contributed by atoms with Gasteiger partial charge < -0.3 is 16.0 Å². The normalized spacial score (nSPS) is 16.2. The highest BCUT2D eigenvalue weighted by molar-refractivity contribution is 5.99. The molecule has 0 aromatic carbocycles. The first kappa shape index (κ1) is 13.3. The summed E-state index contributed by atoms with van der Waals surface area (Å²) in [5, 5.41) is 2.64. The lowest BCUT2D eigenvalue weighted by Crippen LogP contribution is -2.46. The monoisotopic (exact) mass is 262 g/mol. The minimum Gasteiger partial charge on any atom is -0.397 e. The molecule has 2 heterocycles. The first-order valence-electron chi connectivity index (χ1n) is 6.39. The number of anilines is 1. The third-order valence-electron chi connectivity index (χ3n) is 3.19. The number of amides is 2. The summed E-state index contributed by atoms with van der Waals surface area (Å²) in [6.07, 6.45) is 3.55. The molecule has 0 radical (unpaired) electrons. The number of nitrogens with one attached hydrogen (secondary N) is 1. The summed E-state index contributed by atoms with van der Waals surface area (Å²) in [6, 6.07) is 2.70. The van der Waals surface area contributed by atoms with Gasteiger partial charge in [0.2, 0.25) is 5.91 Å². The number of nitrogens with zero attached hydrogens (tertiary/aromatic N) is 2. The Labute approximate surface area is 112 Å². The molecule has 1 aromatic heterocycles. The van der Waals surface area contributed by atoms with E-state index in [1.54, 1.807) is 24.0 Å². The number of nitrogens with two attached hydrogens (primary N) is 1. The highest BCUT2D eigenvalue weighted by Crippen LogP contribution is 2.10. The molecule has 6 heteroatoms. The first-order valence-corrected chi connectivity index (χ1v) is 6.39. The molecule has 0 bridgehead atoms. The van der Waals surface area contributed by atoms with Crippen molar-refractivity contribution in [3.63, 3.8) is 0 Å². The van der Waals surface area contributed by atoms with Crippen LogP contribution in [0.15, 0.2) is 18.3 Å². The molecule has 0 saturated carbocycles. The van der Waals surface area contributed by atoms with Crippen LogP contribution in [0.3, 0.4) is 0 Å². The van der Waals surface area contributed by atoms with Gasteiger partial charge in [0.05, 0.1) is 5.69 Å². The van der Waals surface area contributed by atoms with Crippen LogP contribution >= 0.6 is 0 Å². The lowest BCUT2D eigenvalue weighted by atomic mass is 10.2. The molecule has 3 N–H and O–H groups in total. The van der Waals surface area contributed by atoms with Crippen LogP contribution in [0.2, 0.25) is 0 Å². The van der Waals surface area contributed by atoms with E-state index in [9.17, 15) is 9.59 Å².